The van der Waals surface area contributed by atoms with Gasteiger partial charge in [0.2, 0.25) is 0 Å². The standard InChI is InChI=1S/C30H26N2/c1-31-27-9-5-3-7-21(27)11-13-25-19-23(15-17-29(25)31)24-16-18-30-26(20-24)14-12-22-8-4-6-10-28(22)32(30)2/h3-11,13,15-20H,12,14H2,1-2H3. The normalized spacial score (nSPS) is 14.1. The fraction of sp³-hybridized carbons (Fsp3) is 0.133. The van der Waals surface area contributed by atoms with Crippen LogP contribution in [0.25, 0.3) is 23.3 Å². The van der Waals surface area contributed by atoms with E-state index in [1.807, 2.05) is 0 Å². The quantitative estimate of drug-likeness (QED) is 0.319. The van der Waals surface area contributed by atoms with Crippen molar-refractivity contribution in [2.45, 2.75) is 12.8 Å². The Labute approximate surface area is 190 Å². The maximum absolute atomic E-state index is 2.39. The second-order valence-corrected chi connectivity index (χ2v) is 8.76. The number of para-hydroxylation sites is 2. The molecule has 0 saturated heterocycles. The smallest absolute Gasteiger partial charge is 0.0482 e. The monoisotopic (exact) mass is 414 g/mol. The highest BCUT2D eigenvalue weighted by molar-refractivity contribution is 5.90. The molecule has 0 amide bonds. The molecule has 6 rings (SSSR count). The Kier molecular flexibility index (Phi) is 4.39. The van der Waals surface area contributed by atoms with Gasteiger partial charge in [0, 0.05) is 36.8 Å². The molecule has 2 heterocycles. The third kappa shape index (κ3) is 3.03. The van der Waals surface area contributed by atoms with Gasteiger partial charge in [0.15, 0.2) is 0 Å². The summed E-state index contributed by atoms with van der Waals surface area (Å²) in [6, 6.07) is 31.1. The molecule has 32 heavy (non-hydrogen) atoms. The van der Waals surface area contributed by atoms with Gasteiger partial charge >= 0.3 is 0 Å². The number of fused-ring (bicyclic) bond motifs is 4. The Morgan fingerprint density at radius 3 is 1.94 bits per heavy atom. The molecule has 2 nitrogen and oxygen atoms in total. The van der Waals surface area contributed by atoms with Gasteiger partial charge in [-0.05, 0) is 82.6 Å². The minimum atomic E-state index is 1.06. The SMILES string of the molecule is CN1c2ccccc2C=Cc2cc(-c3ccc4c(c3)CCc3ccccc3N4C)ccc21. The van der Waals surface area contributed by atoms with Crippen LogP contribution < -0.4 is 9.80 Å². The molecule has 0 unspecified atom stereocenters. The summed E-state index contributed by atoms with van der Waals surface area (Å²) < 4.78 is 0. The summed E-state index contributed by atoms with van der Waals surface area (Å²) in [6.07, 6.45) is 6.61. The Bertz CT molecular complexity index is 1370. The van der Waals surface area contributed by atoms with Crippen molar-refractivity contribution in [3.05, 3.63) is 107 Å². The zero-order valence-electron chi connectivity index (χ0n) is 18.5. The summed E-state index contributed by atoms with van der Waals surface area (Å²) in [4.78, 5) is 4.63. The lowest BCUT2D eigenvalue weighted by Gasteiger charge is -2.23. The number of benzene rings is 4. The fourth-order valence-corrected chi connectivity index (χ4v) is 5.16. The van der Waals surface area contributed by atoms with Gasteiger partial charge in [0.1, 0.15) is 0 Å². The van der Waals surface area contributed by atoms with Crippen LogP contribution in [0.5, 0.6) is 0 Å². The molecule has 0 saturated carbocycles. The summed E-state index contributed by atoms with van der Waals surface area (Å²) in [5, 5.41) is 0. The van der Waals surface area contributed by atoms with Crippen LogP contribution in [-0.4, -0.2) is 14.1 Å². The molecule has 4 aromatic carbocycles. The summed E-state index contributed by atoms with van der Waals surface area (Å²) >= 11 is 0. The van der Waals surface area contributed by atoms with Crippen LogP contribution in [-0.2, 0) is 12.8 Å². The number of anilines is 4. The second-order valence-electron chi connectivity index (χ2n) is 8.76. The Hall–Kier alpha value is -3.78. The molecule has 0 atom stereocenters. The van der Waals surface area contributed by atoms with E-state index in [9.17, 15) is 0 Å². The first kappa shape index (κ1) is 18.9. The largest absolute Gasteiger partial charge is 0.344 e. The number of rotatable bonds is 1. The zero-order valence-corrected chi connectivity index (χ0v) is 18.5. The van der Waals surface area contributed by atoms with Crippen molar-refractivity contribution < 1.29 is 0 Å². The van der Waals surface area contributed by atoms with Crippen LogP contribution in [0.3, 0.4) is 0 Å². The van der Waals surface area contributed by atoms with Crippen LogP contribution in [0, 0.1) is 0 Å². The molecule has 0 bridgehead atoms. The Balaban J connectivity index is 1.40. The predicted octanol–water partition coefficient (Wildman–Crippen LogP) is 7.47. The maximum Gasteiger partial charge on any atom is 0.0482 e. The minimum absolute atomic E-state index is 1.06. The topological polar surface area (TPSA) is 6.48 Å². The fourth-order valence-electron chi connectivity index (χ4n) is 5.16. The molecule has 156 valence electrons. The Morgan fingerprint density at radius 1 is 0.500 bits per heavy atom. The molecule has 2 heteroatoms. The number of hydrogen-bond acceptors (Lipinski definition) is 2. The van der Waals surface area contributed by atoms with Crippen LogP contribution in [0.2, 0.25) is 0 Å². The van der Waals surface area contributed by atoms with Crippen molar-refractivity contribution in [2.75, 3.05) is 23.9 Å². The highest BCUT2D eigenvalue weighted by Crippen LogP contribution is 2.39. The summed E-state index contributed by atoms with van der Waals surface area (Å²) in [5.74, 6) is 0. The van der Waals surface area contributed by atoms with E-state index in [1.165, 1.54) is 56.1 Å². The van der Waals surface area contributed by atoms with E-state index in [4.69, 9.17) is 0 Å². The molecule has 2 aliphatic rings. The number of nitrogens with zero attached hydrogens (tertiary/aromatic N) is 2. The molecule has 0 spiro atoms. The number of aryl methyl sites for hydroxylation is 2. The summed E-state index contributed by atoms with van der Waals surface area (Å²) in [6.45, 7) is 0. The third-order valence-electron chi connectivity index (χ3n) is 6.92. The van der Waals surface area contributed by atoms with Crippen molar-refractivity contribution >= 4 is 34.9 Å². The second kappa shape index (κ2) is 7.42. The van der Waals surface area contributed by atoms with Crippen LogP contribution >= 0.6 is 0 Å². The van der Waals surface area contributed by atoms with Gasteiger partial charge in [-0.1, -0.05) is 60.7 Å². The highest BCUT2D eigenvalue weighted by atomic mass is 15.1. The third-order valence-corrected chi connectivity index (χ3v) is 6.92. The Morgan fingerprint density at radius 2 is 1.06 bits per heavy atom. The van der Waals surface area contributed by atoms with E-state index in [-0.39, 0.29) is 0 Å². The number of hydrogen-bond donors (Lipinski definition) is 0. The average Bonchev–Trinajstić information content (AvgIpc) is 3.08. The van der Waals surface area contributed by atoms with Gasteiger partial charge in [0.05, 0.1) is 0 Å². The zero-order chi connectivity index (χ0) is 21.7. The van der Waals surface area contributed by atoms with E-state index < -0.39 is 0 Å². The van der Waals surface area contributed by atoms with Crippen LogP contribution in [0.15, 0.2) is 84.9 Å². The van der Waals surface area contributed by atoms with Gasteiger partial charge in [-0.3, -0.25) is 0 Å². The van der Waals surface area contributed by atoms with Crippen molar-refractivity contribution in [2.24, 2.45) is 0 Å². The van der Waals surface area contributed by atoms with Crippen molar-refractivity contribution in [3.63, 3.8) is 0 Å². The van der Waals surface area contributed by atoms with E-state index in [1.54, 1.807) is 0 Å². The first-order valence-electron chi connectivity index (χ1n) is 11.3. The van der Waals surface area contributed by atoms with Gasteiger partial charge in [-0.25, -0.2) is 0 Å². The first-order chi connectivity index (χ1) is 15.7. The van der Waals surface area contributed by atoms with E-state index >= 15 is 0 Å². The summed E-state index contributed by atoms with van der Waals surface area (Å²) in [7, 11) is 4.34. The van der Waals surface area contributed by atoms with Crippen LogP contribution in [0.1, 0.15) is 22.3 Å². The average molecular weight is 415 g/mol. The molecular formula is C30H26N2. The lowest BCUT2D eigenvalue weighted by atomic mass is 9.97. The van der Waals surface area contributed by atoms with Crippen molar-refractivity contribution in [1.29, 1.82) is 0 Å². The molecule has 0 N–H and O–H groups in total. The molecule has 0 fully saturated rings. The molecule has 2 aliphatic heterocycles. The lowest BCUT2D eigenvalue weighted by Crippen LogP contribution is -2.11. The molecule has 0 radical (unpaired) electrons. The van der Waals surface area contributed by atoms with Crippen LogP contribution in [0.4, 0.5) is 22.7 Å². The van der Waals surface area contributed by atoms with E-state index in [0.29, 0.717) is 0 Å². The molecule has 4 aromatic rings. The van der Waals surface area contributed by atoms with E-state index in [0.717, 1.165) is 12.8 Å². The first-order valence-corrected chi connectivity index (χ1v) is 11.3. The van der Waals surface area contributed by atoms with Gasteiger partial charge in [0.25, 0.3) is 0 Å². The van der Waals surface area contributed by atoms with Gasteiger partial charge in [-0.15, -0.1) is 0 Å². The lowest BCUT2D eigenvalue weighted by molar-refractivity contribution is 0.978. The van der Waals surface area contributed by atoms with Crippen molar-refractivity contribution in [1.82, 2.24) is 0 Å². The molecular weight excluding hydrogens is 388 g/mol. The maximum atomic E-state index is 2.39. The highest BCUT2D eigenvalue weighted by Gasteiger charge is 2.19. The van der Waals surface area contributed by atoms with Gasteiger partial charge in [-0.2, -0.15) is 0 Å². The minimum Gasteiger partial charge on any atom is -0.344 e. The predicted molar refractivity (Wildman–Crippen MR) is 137 cm³/mol. The molecule has 0 aromatic heterocycles. The summed E-state index contributed by atoms with van der Waals surface area (Å²) in [5.41, 5.74) is 13.0. The van der Waals surface area contributed by atoms with E-state index in [2.05, 4.69) is 121 Å². The van der Waals surface area contributed by atoms with Crippen molar-refractivity contribution in [3.8, 4) is 11.1 Å². The molecule has 0 aliphatic carbocycles. The van der Waals surface area contributed by atoms with Gasteiger partial charge < -0.3 is 9.80 Å².